The van der Waals surface area contributed by atoms with Gasteiger partial charge in [0, 0.05) is 0 Å². The third kappa shape index (κ3) is 3.39. The van der Waals surface area contributed by atoms with Crippen LogP contribution in [0.1, 0.15) is 17.5 Å². The molecular formula is C9H9F3O3. The Balaban J connectivity index is 2.42. The van der Waals surface area contributed by atoms with Gasteiger partial charge in [-0.05, 0) is 19.1 Å². The summed E-state index contributed by atoms with van der Waals surface area (Å²) in [5, 5.41) is 0. The predicted molar refractivity (Wildman–Crippen MR) is 44.5 cm³/mol. The molecule has 1 rings (SSSR count). The Morgan fingerprint density at radius 1 is 1.60 bits per heavy atom. The highest BCUT2D eigenvalue weighted by molar-refractivity contribution is 5.94. The zero-order valence-corrected chi connectivity index (χ0v) is 7.88. The topological polar surface area (TPSA) is 39.4 Å². The lowest BCUT2D eigenvalue weighted by Gasteiger charge is -2.15. The maximum Gasteiger partial charge on any atom is 0.414 e. The molecule has 0 aliphatic heterocycles. The van der Waals surface area contributed by atoms with Crippen LogP contribution < -0.4 is 0 Å². The van der Waals surface area contributed by atoms with Crippen LogP contribution in [0.3, 0.4) is 0 Å². The van der Waals surface area contributed by atoms with Crippen LogP contribution in [0.15, 0.2) is 22.8 Å². The van der Waals surface area contributed by atoms with E-state index in [4.69, 9.17) is 4.42 Å². The molecule has 3 nitrogen and oxygen atoms in total. The molecule has 15 heavy (non-hydrogen) atoms. The van der Waals surface area contributed by atoms with Crippen LogP contribution in [0.4, 0.5) is 13.2 Å². The van der Waals surface area contributed by atoms with E-state index in [1.807, 2.05) is 0 Å². The fraction of sp³-hybridized carbons (Fsp3) is 0.444. The predicted octanol–water partition coefficient (Wildman–Crippen LogP) is 2.43. The van der Waals surface area contributed by atoms with E-state index < -0.39 is 24.7 Å². The molecule has 84 valence electrons. The van der Waals surface area contributed by atoms with Gasteiger partial charge in [0.15, 0.2) is 11.9 Å². The van der Waals surface area contributed by atoms with Crippen LogP contribution in [0, 0.1) is 0 Å². The van der Waals surface area contributed by atoms with E-state index in [1.54, 1.807) is 0 Å². The van der Waals surface area contributed by atoms with Crippen molar-refractivity contribution in [1.82, 2.24) is 0 Å². The van der Waals surface area contributed by atoms with Crippen LogP contribution in [-0.2, 0) is 4.74 Å². The molecule has 0 spiro atoms. The SMILES string of the molecule is CC(OCC(=O)c1ccco1)C(F)(F)F. The molecule has 0 radical (unpaired) electrons. The minimum Gasteiger partial charge on any atom is -0.461 e. The fourth-order valence-corrected chi connectivity index (χ4v) is 0.804. The first-order valence-corrected chi connectivity index (χ1v) is 4.16. The number of carbonyl (C=O) groups excluding carboxylic acids is 1. The van der Waals surface area contributed by atoms with Gasteiger partial charge in [0.2, 0.25) is 5.78 Å². The second-order valence-electron chi connectivity index (χ2n) is 2.90. The average molecular weight is 222 g/mol. The first kappa shape index (κ1) is 11.8. The number of halogens is 3. The Hall–Kier alpha value is -1.30. The molecule has 0 amide bonds. The van der Waals surface area contributed by atoms with E-state index in [2.05, 4.69) is 4.74 Å². The lowest BCUT2D eigenvalue weighted by molar-refractivity contribution is -0.210. The zero-order valence-electron chi connectivity index (χ0n) is 7.88. The highest BCUT2D eigenvalue weighted by Crippen LogP contribution is 2.22. The molecule has 0 saturated heterocycles. The fourth-order valence-electron chi connectivity index (χ4n) is 0.804. The lowest BCUT2D eigenvalue weighted by Crippen LogP contribution is -2.30. The molecule has 0 aliphatic carbocycles. The Morgan fingerprint density at radius 3 is 2.73 bits per heavy atom. The van der Waals surface area contributed by atoms with Gasteiger partial charge in [0.25, 0.3) is 0 Å². The van der Waals surface area contributed by atoms with Crippen molar-refractivity contribution in [2.75, 3.05) is 6.61 Å². The van der Waals surface area contributed by atoms with Gasteiger partial charge < -0.3 is 9.15 Å². The van der Waals surface area contributed by atoms with Gasteiger partial charge >= 0.3 is 6.18 Å². The first-order chi connectivity index (χ1) is 6.91. The van der Waals surface area contributed by atoms with Gasteiger partial charge in [0.1, 0.15) is 6.61 Å². The molecule has 0 bridgehead atoms. The summed E-state index contributed by atoms with van der Waals surface area (Å²) < 4.78 is 45.0. The number of carbonyl (C=O) groups is 1. The minimum absolute atomic E-state index is 0.00984. The molecule has 0 saturated carbocycles. The number of ketones is 1. The van der Waals surface area contributed by atoms with Crippen molar-refractivity contribution in [1.29, 1.82) is 0 Å². The van der Waals surface area contributed by atoms with Gasteiger partial charge in [-0.25, -0.2) is 0 Å². The number of furan rings is 1. The smallest absolute Gasteiger partial charge is 0.414 e. The number of hydrogen-bond acceptors (Lipinski definition) is 3. The van der Waals surface area contributed by atoms with Gasteiger partial charge in [0.05, 0.1) is 6.26 Å². The molecule has 1 aromatic heterocycles. The highest BCUT2D eigenvalue weighted by Gasteiger charge is 2.37. The second-order valence-corrected chi connectivity index (χ2v) is 2.90. The van der Waals surface area contributed by atoms with Crippen LogP contribution in [0.5, 0.6) is 0 Å². The van der Waals surface area contributed by atoms with Gasteiger partial charge in [-0.1, -0.05) is 0 Å². The Kier molecular flexibility index (Phi) is 3.52. The quantitative estimate of drug-likeness (QED) is 0.734. The number of alkyl halides is 3. The zero-order chi connectivity index (χ0) is 11.5. The number of rotatable bonds is 4. The van der Waals surface area contributed by atoms with Crippen LogP contribution in [0.25, 0.3) is 0 Å². The molecule has 1 aromatic rings. The van der Waals surface area contributed by atoms with Crippen molar-refractivity contribution in [3.63, 3.8) is 0 Å². The van der Waals surface area contributed by atoms with E-state index >= 15 is 0 Å². The van der Waals surface area contributed by atoms with Crippen molar-refractivity contribution < 1.29 is 27.1 Å². The molecule has 0 aliphatic rings. The largest absolute Gasteiger partial charge is 0.461 e. The van der Waals surface area contributed by atoms with Crippen LogP contribution >= 0.6 is 0 Å². The third-order valence-electron chi connectivity index (χ3n) is 1.72. The van der Waals surface area contributed by atoms with Crippen molar-refractivity contribution in [2.45, 2.75) is 19.2 Å². The van der Waals surface area contributed by atoms with E-state index in [-0.39, 0.29) is 5.76 Å². The summed E-state index contributed by atoms with van der Waals surface area (Å²) in [4.78, 5) is 11.2. The number of ether oxygens (including phenoxy) is 1. The number of hydrogen-bond donors (Lipinski definition) is 0. The minimum atomic E-state index is -4.45. The Morgan fingerprint density at radius 2 is 2.27 bits per heavy atom. The van der Waals surface area contributed by atoms with E-state index in [1.165, 1.54) is 18.4 Å². The van der Waals surface area contributed by atoms with E-state index in [9.17, 15) is 18.0 Å². The van der Waals surface area contributed by atoms with Gasteiger partial charge in [-0.15, -0.1) is 0 Å². The van der Waals surface area contributed by atoms with E-state index in [0.29, 0.717) is 0 Å². The molecule has 1 heterocycles. The molecule has 0 N–H and O–H groups in total. The lowest BCUT2D eigenvalue weighted by atomic mass is 10.3. The monoisotopic (exact) mass is 222 g/mol. The summed E-state index contributed by atoms with van der Waals surface area (Å²) in [5.41, 5.74) is 0. The summed E-state index contributed by atoms with van der Waals surface area (Å²) in [6, 6.07) is 2.84. The normalized spacial score (nSPS) is 13.9. The maximum atomic E-state index is 12.0. The summed E-state index contributed by atoms with van der Waals surface area (Å²) >= 11 is 0. The standard InChI is InChI=1S/C9H9F3O3/c1-6(9(10,11)12)15-5-7(13)8-3-2-4-14-8/h2-4,6H,5H2,1H3. The van der Waals surface area contributed by atoms with E-state index in [0.717, 1.165) is 6.92 Å². The molecule has 1 unspecified atom stereocenters. The van der Waals surface area contributed by atoms with Crippen LogP contribution in [-0.4, -0.2) is 24.7 Å². The number of Topliss-reactive ketones (excluding diaryl/α,β-unsaturated/α-hetero) is 1. The first-order valence-electron chi connectivity index (χ1n) is 4.16. The Labute approximate surface area is 83.8 Å². The maximum absolute atomic E-state index is 12.0. The second kappa shape index (κ2) is 4.48. The average Bonchev–Trinajstić information content (AvgIpc) is 2.64. The summed E-state index contributed by atoms with van der Waals surface area (Å²) in [6.45, 7) is 0.198. The van der Waals surface area contributed by atoms with Gasteiger partial charge in [-0.2, -0.15) is 13.2 Å². The molecular weight excluding hydrogens is 213 g/mol. The molecule has 1 atom stereocenters. The third-order valence-corrected chi connectivity index (χ3v) is 1.72. The molecule has 0 fully saturated rings. The van der Waals surface area contributed by atoms with Crippen molar-refractivity contribution in [2.24, 2.45) is 0 Å². The van der Waals surface area contributed by atoms with Crippen molar-refractivity contribution in [3.8, 4) is 0 Å². The molecule has 0 aromatic carbocycles. The Bertz CT molecular complexity index is 316. The summed E-state index contributed by atoms with van der Waals surface area (Å²) in [5.74, 6) is -0.625. The van der Waals surface area contributed by atoms with Crippen LogP contribution in [0.2, 0.25) is 0 Å². The van der Waals surface area contributed by atoms with Crippen molar-refractivity contribution in [3.05, 3.63) is 24.2 Å². The summed E-state index contributed by atoms with van der Waals surface area (Å²) in [6.07, 6.45) is -5.15. The molecule has 6 heteroatoms. The van der Waals surface area contributed by atoms with Crippen molar-refractivity contribution >= 4 is 5.78 Å². The van der Waals surface area contributed by atoms with Gasteiger partial charge in [-0.3, -0.25) is 4.79 Å². The summed E-state index contributed by atoms with van der Waals surface area (Å²) in [7, 11) is 0. The highest BCUT2D eigenvalue weighted by atomic mass is 19.4.